The minimum atomic E-state index is 0.0869. The average Bonchev–Trinajstić information content (AvgIpc) is 3.01. The van der Waals surface area contributed by atoms with E-state index < -0.39 is 0 Å². The van der Waals surface area contributed by atoms with Gasteiger partial charge < -0.3 is 4.57 Å². The van der Waals surface area contributed by atoms with Crippen molar-refractivity contribution in [1.29, 1.82) is 0 Å². The molecule has 4 aromatic rings. The van der Waals surface area contributed by atoms with Crippen molar-refractivity contribution in [1.82, 2.24) is 4.57 Å². The number of rotatable bonds is 0. The Hall–Kier alpha value is -2.39. The van der Waals surface area contributed by atoms with E-state index in [1.807, 2.05) is 42.5 Å². The van der Waals surface area contributed by atoms with Crippen molar-refractivity contribution in [3.63, 3.8) is 0 Å². The number of carbonyl (C=O) groups excluding carboxylic acids is 1. The van der Waals surface area contributed by atoms with Crippen LogP contribution in [0, 0.1) is 0 Å². The van der Waals surface area contributed by atoms with E-state index in [4.69, 9.17) is 0 Å². The molecule has 2 heterocycles. The Morgan fingerprint density at radius 1 is 0.864 bits per heavy atom. The van der Waals surface area contributed by atoms with E-state index in [2.05, 4.69) is 38.7 Å². The lowest BCUT2D eigenvalue weighted by Crippen LogP contribution is -1.96. The number of carbonyl (C=O) groups is 1. The first-order valence-electron chi connectivity index (χ1n) is 7.12. The van der Waals surface area contributed by atoms with Crippen LogP contribution in [0.5, 0.6) is 0 Å². The van der Waals surface area contributed by atoms with Crippen LogP contribution in [0.4, 0.5) is 0 Å². The quantitative estimate of drug-likeness (QED) is 0.382. The molecular formula is C19H10BrNO. The zero-order chi connectivity index (χ0) is 14.8. The highest BCUT2D eigenvalue weighted by atomic mass is 79.9. The molecule has 1 aliphatic rings. The summed E-state index contributed by atoms with van der Waals surface area (Å²) in [4.78, 5) is 12.9. The van der Waals surface area contributed by atoms with Gasteiger partial charge in [0, 0.05) is 10.9 Å². The molecule has 0 atom stereocenters. The van der Waals surface area contributed by atoms with E-state index in [0.29, 0.717) is 0 Å². The van der Waals surface area contributed by atoms with Crippen molar-refractivity contribution in [2.75, 3.05) is 0 Å². The normalized spacial score (nSPS) is 12.9. The molecule has 0 amide bonds. The van der Waals surface area contributed by atoms with Crippen molar-refractivity contribution in [2.45, 2.75) is 0 Å². The summed E-state index contributed by atoms with van der Waals surface area (Å²) in [6.45, 7) is 0. The maximum absolute atomic E-state index is 12.9. The number of nitrogens with zero attached hydrogens (tertiary/aromatic N) is 1. The summed E-state index contributed by atoms with van der Waals surface area (Å²) in [5.41, 5.74) is 3.54. The molecule has 5 rings (SSSR count). The summed E-state index contributed by atoms with van der Waals surface area (Å²) >= 11 is 3.62. The smallest absolute Gasteiger partial charge is 0.213 e. The third-order valence-corrected chi connectivity index (χ3v) is 5.18. The third kappa shape index (κ3) is 1.37. The first kappa shape index (κ1) is 12.2. The monoisotopic (exact) mass is 347 g/mol. The van der Waals surface area contributed by atoms with E-state index in [1.165, 1.54) is 0 Å². The Kier molecular flexibility index (Phi) is 2.26. The van der Waals surface area contributed by atoms with Gasteiger partial charge in [-0.25, -0.2) is 0 Å². The molecule has 0 N–H and O–H groups in total. The third-order valence-electron chi connectivity index (χ3n) is 4.38. The molecule has 3 aromatic carbocycles. The van der Waals surface area contributed by atoms with Crippen LogP contribution in [0.2, 0.25) is 0 Å². The maximum atomic E-state index is 12.9. The molecule has 1 aromatic heterocycles. The highest BCUT2D eigenvalue weighted by Crippen LogP contribution is 2.41. The zero-order valence-electron chi connectivity index (χ0n) is 11.5. The number of fused-ring (bicyclic) bond motifs is 6. The van der Waals surface area contributed by atoms with Crippen LogP contribution in [0.25, 0.3) is 27.4 Å². The Morgan fingerprint density at radius 3 is 2.36 bits per heavy atom. The first-order valence-corrected chi connectivity index (χ1v) is 7.92. The molecule has 1 aliphatic heterocycles. The number of halogens is 1. The van der Waals surface area contributed by atoms with E-state index in [9.17, 15) is 4.79 Å². The minimum Gasteiger partial charge on any atom is -0.304 e. The van der Waals surface area contributed by atoms with Crippen molar-refractivity contribution >= 4 is 43.4 Å². The second kappa shape index (κ2) is 4.08. The predicted molar refractivity (Wildman–Crippen MR) is 91.9 cm³/mol. The standard InChI is InChI=1S/C19H10BrNO/c20-17-13-7-3-4-8-15(13)21-16-10-12-6-2-1-5-11(12)9-14(16)19(22)18(17)21/h1-10H. The topological polar surface area (TPSA) is 22.0 Å². The number of hydrogen-bond donors (Lipinski definition) is 0. The molecular weight excluding hydrogens is 338 g/mol. The van der Waals surface area contributed by atoms with Gasteiger partial charge in [0.1, 0.15) is 5.69 Å². The molecule has 0 fully saturated rings. The zero-order valence-corrected chi connectivity index (χ0v) is 13.1. The van der Waals surface area contributed by atoms with Gasteiger partial charge in [-0.15, -0.1) is 0 Å². The molecule has 0 saturated heterocycles. The molecule has 22 heavy (non-hydrogen) atoms. The van der Waals surface area contributed by atoms with Gasteiger partial charge in [-0.05, 0) is 44.9 Å². The fraction of sp³-hybridized carbons (Fsp3) is 0. The second-order valence-electron chi connectivity index (χ2n) is 5.56. The van der Waals surface area contributed by atoms with E-state index in [-0.39, 0.29) is 5.78 Å². The van der Waals surface area contributed by atoms with Crippen LogP contribution in [0.1, 0.15) is 16.1 Å². The van der Waals surface area contributed by atoms with Crippen LogP contribution >= 0.6 is 15.9 Å². The summed E-state index contributed by atoms with van der Waals surface area (Å²) in [5, 5.41) is 3.32. The summed E-state index contributed by atoms with van der Waals surface area (Å²) in [5.74, 6) is 0.0869. The van der Waals surface area contributed by atoms with Gasteiger partial charge in [0.25, 0.3) is 0 Å². The molecule has 3 heteroatoms. The Labute approximate surface area is 135 Å². The van der Waals surface area contributed by atoms with Gasteiger partial charge in [-0.3, -0.25) is 4.79 Å². The van der Waals surface area contributed by atoms with Crippen molar-refractivity contribution in [3.05, 3.63) is 76.4 Å². The van der Waals surface area contributed by atoms with Crippen molar-refractivity contribution < 1.29 is 4.79 Å². The van der Waals surface area contributed by atoms with Crippen molar-refractivity contribution in [2.24, 2.45) is 0 Å². The Bertz CT molecular complexity index is 1110. The highest BCUT2D eigenvalue weighted by molar-refractivity contribution is 9.10. The van der Waals surface area contributed by atoms with Gasteiger partial charge in [0.15, 0.2) is 0 Å². The summed E-state index contributed by atoms with van der Waals surface area (Å²) in [6.07, 6.45) is 0. The molecule has 0 aliphatic carbocycles. The van der Waals surface area contributed by atoms with Crippen LogP contribution in [-0.2, 0) is 0 Å². The number of ketones is 1. The molecule has 0 radical (unpaired) electrons. The Balaban J connectivity index is 1.98. The maximum Gasteiger partial charge on any atom is 0.213 e. The van der Waals surface area contributed by atoms with Crippen LogP contribution in [0.3, 0.4) is 0 Å². The fourth-order valence-electron chi connectivity index (χ4n) is 3.37. The SMILES string of the molecule is O=C1c2cc3ccccc3cc2-n2c1c(Br)c1ccccc12. The lowest BCUT2D eigenvalue weighted by molar-refractivity contribution is 0.104. The summed E-state index contributed by atoms with van der Waals surface area (Å²) < 4.78 is 2.96. The highest BCUT2D eigenvalue weighted by Gasteiger charge is 2.32. The van der Waals surface area contributed by atoms with Gasteiger partial charge in [0.2, 0.25) is 5.78 Å². The van der Waals surface area contributed by atoms with E-state index in [0.717, 1.165) is 43.1 Å². The second-order valence-corrected chi connectivity index (χ2v) is 6.35. The molecule has 0 saturated carbocycles. The average molecular weight is 348 g/mol. The van der Waals surface area contributed by atoms with Gasteiger partial charge in [-0.2, -0.15) is 0 Å². The minimum absolute atomic E-state index is 0.0869. The lowest BCUT2D eigenvalue weighted by atomic mass is 10.0. The van der Waals surface area contributed by atoms with Crippen LogP contribution in [-0.4, -0.2) is 10.4 Å². The largest absolute Gasteiger partial charge is 0.304 e. The van der Waals surface area contributed by atoms with Crippen LogP contribution in [0.15, 0.2) is 65.1 Å². The summed E-state index contributed by atoms with van der Waals surface area (Å²) in [7, 11) is 0. The van der Waals surface area contributed by atoms with E-state index in [1.54, 1.807) is 0 Å². The molecule has 104 valence electrons. The molecule has 2 nitrogen and oxygen atoms in total. The molecule has 0 spiro atoms. The summed E-state index contributed by atoms with van der Waals surface area (Å²) in [6, 6.07) is 20.4. The van der Waals surface area contributed by atoms with Gasteiger partial charge in [-0.1, -0.05) is 42.5 Å². The van der Waals surface area contributed by atoms with Gasteiger partial charge >= 0.3 is 0 Å². The number of hydrogen-bond acceptors (Lipinski definition) is 1. The first-order chi connectivity index (χ1) is 10.8. The molecule has 0 unspecified atom stereocenters. The van der Waals surface area contributed by atoms with E-state index >= 15 is 0 Å². The van der Waals surface area contributed by atoms with Crippen molar-refractivity contribution in [3.8, 4) is 5.69 Å². The number of aromatic nitrogens is 1. The number of para-hydroxylation sites is 1. The predicted octanol–water partition coefficient (Wildman–Crippen LogP) is 5.09. The number of benzene rings is 3. The lowest BCUT2D eigenvalue weighted by Gasteiger charge is -2.06. The fourth-order valence-corrected chi connectivity index (χ4v) is 4.07. The van der Waals surface area contributed by atoms with Crippen LogP contribution < -0.4 is 0 Å². The Morgan fingerprint density at radius 2 is 1.55 bits per heavy atom. The van der Waals surface area contributed by atoms with Gasteiger partial charge in [0.05, 0.1) is 15.7 Å². The molecule has 0 bridgehead atoms.